The number of nitrogens with two attached hydrogens (primary N) is 1. The lowest BCUT2D eigenvalue weighted by Crippen LogP contribution is -2.04. The number of hydrogen-bond donors (Lipinski definition) is 2. The SMILES string of the molecule is Cc1cc(-c2c(CCN)n[nH]c2C)ccc1F. The number of aryl methyl sites for hydroxylation is 2. The second kappa shape index (κ2) is 4.67. The zero-order valence-corrected chi connectivity index (χ0v) is 10.0. The van der Waals surface area contributed by atoms with E-state index in [0.29, 0.717) is 12.1 Å². The van der Waals surface area contributed by atoms with Gasteiger partial charge in [0.2, 0.25) is 0 Å². The molecule has 0 unspecified atom stereocenters. The number of halogens is 1. The van der Waals surface area contributed by atoms with Crippen LogP contribution in [0, 0.1) is 19.7 Å². The summed E-state index contributed by atoms with van der Waals surface area (Å²) in [4.78, 5) is 0. The van der Waals surface area contributed by atoms with Gasteiger partial charge in [0.1, 0.15) is 5.82 Å². The number of aromatic nitrogens is 2. The molecule has 90 valence electrons. The van der Waals surface area contributed by atoms with E-state index >= 15 is 0 Å². The molecule has 2 aromatic rings. The summed E-state index contributed by atoms with van der Waals surface area (Å²) in [5.74, 6) is -0.185. The van der Waals surface area contributed by atoms with Crippen molar-refractivity contribution < 1.29 is 4.39 Å². The van der Waals surface area contributed by atoms with Crippen LogP contribution >= 0.6 is 0 Å². The first-order valence-electron chi connectivity index (χ1n) is 5.64. The maximum absolute atomic E-state index is 13.2. The lowest BCUT2D eigenvalue weighted by Gasteiger charge is -2.05. The Morgan fingerprint density at radius 2 is 2.12 bits per heavy atom. The van der Waals surface area contributed by atoms with E-state index in [1.807, 2.05) is 13.0 Å². The van der Waals surface area contributed by atoms with E-state index < -0.39 is 0 Å². The predicted octanol–water partition coefficient (Wildman–Crippen LogP) is 2.33. The van der Waals surface area contributed by atoms with Crippen LogP contribution < -0.4 is 5.73 Å². The number of aromatic amines is 1. The third-order valence-electron chi connectivity index (χ3n) is 2.85. The van der Waals surface area contributed by atoms with Crippen LogP contribution in [0.5, 0.6) is 0 Å². The third kappa shape index (κ3) is 2.22. The maximum atomic E-state index is 13.2. The smallest absolute Gasteiger partial charge is 0.126 e. The van der Waals surface area contributed by atoms with Crippen molar-refractivity contribution in [2.75, 3.05) is 6.54 Å². The van der Waals surface area contributed by atoms with E-state index in [2.05, 4.69) is 10.2 Å². The number of nitrogens with one attached hydrogen (secondary N) is 1. The van der Waals surface area contributed by atoms with E-state index in [1.165, 1.54) is 6.07 Å². The molecule has 1 aromatic carbocycles. The number of rotatable bonds is 3. The summed E-state index contributed by atoms with van der Waals surface area (Å²) in [6.07, 6.45) is 0.718. The molecule has 0 bridgehead atoms. The highest BCUT2D eigenvalue weighted by Gasteiger charge is 2.12. The van der Waals surface area contributed by atoms with E-state index in [9.17, 15) is 4.39 Å². The van der Waals surface area contributed by atoms with Crippen molar-refractivity contribution in [3.05, 3.63) is 41.0 Å². The summed E-state index contributed by atoms with van der Waals surface area (Å²) in [6, 6.07) is 5.11. The molecule has 0 saturated carbocycles. The van der Waals surface area contributed by atoms with Gasteiger partial charge in [0.15, 0.2) is 0 Å². The van der Waals surface area contributed by atoms with Crippen molar-refractivity contribution in [1.82, 2.24) is 10.2 Å². The minimum Gasteiger partial charge on any atom is -0.330 e. The number of hydrogen-bond acceptors (Lipinski definition) is 2. The molecule has 0 fully saturated rings. The molecule has 1 aromatic heterocycles. The Morgan fingerprint density at radius 1 is 1.35 bits per heavy atom. The standard InChI is InChI=1S/C13H16FN3/c1-8-7-10(3-4-11(8)14)13-9(2)16-17-12(13)5-6-15/h3-4,7H,5-6,15H2,1-2H3,(H,16,17). The molecule has 0 aliphatic rings. The molecule has 0 spiro atoms. The van der Waals surface area contributed by atoms with Crippen LogP contribution in [0.15, 0.2) is 18.2 Å². The summed E-state index contributed by atoms with van der Waals surface area (Å²) in [6.45, 7) is 4.27. The first kappa shape index (κ1) is 11.8. The summed E-state index contributed by atoms with van der Waals surface area (Å²) in [5, 5.41) is 7.19. The molecule has 2 rings (SSSR count). The Kier molecular flexibility index (Phi) is 3.24. The minimum atomic E-state index is -0.185. The normalized spacial score (nSPS) is 10.8. The van der Waals surface area contributed by atoms with Crippen molar-refractivity contribution in [3.8, 4) is 11.1 Å². The van der Waals surface area contributed by atoms with Gasteiger partial charge in [0, 0.05) is 17.7 Å². The average Bonchev–Trinajstić information content (AvgIpc) is 2.65. The number of H-pyrrole nitrogens is 1. The van der Waals surface area contributed by atoms with Crippen molar-refractivity contribution in [2.45, 2.75) is 20.3 Å². The highest BCUT2D eigenvalue weighted by Crippen LogP contribution is 2.27. The second-order valence-electron chi connectivity index (χ2n) is 4.17. The summed E-state index contributed by atoms with van der Waals surface area (Å²) < 4.78 is 13.2. The number of nitrogens with zero attached hydrogens (tertiary/aromatic N) is 1. The lowest BCUT2D eigenvalue weighted by molar-refractivity contribution is 0.619. The first-order chi connectivity index (χ1) is 8.13. The Labute approximate surface area is 99.9 Å². The molecule has 17 heavy (non-hydrogen) atoms. The topological polar surface area (TPSA) is 54.7 Å². The van der Waals surface area contributed by atoms with Crippen molar-refractivity contribution in [2.24, 2.45) is 5.73 Å². The van der Waals surface area contributed by atoms with Crippen molar-refractivity contribution in [3.63, 3.8) is 0 Å². The van der Waals surface area contributed by atoms with Gasteiger partial charge >= 0.3 is 0 Å². The van der Waals surface area contributed by atoms with Gasteiger partial charge in [-0.2, -0.15) is 5.10 Å². The van der Waals surface area contributed by atoms with Gasteiger partial charge in [-0.3, -0.25) is 5.10 Å². The van der Waals surface area contributed by atoms with E-state index in [-0.39, 0.29) is 5.82 Å². The highest BCUT2D eigenvalue weighted by molar-refractivity contribution is 5.69. The minimum absolute atomic E-state index is 0.185. The fourth-order valence-corrected chi connectivity index (χ4v) is 1.98. The van der Waals surface area contributed by atoms with Gasteiger partial charge in [-0.1, -0.05) is 6.07 Å². The van der Waals surface area contributed by atoms with Gasteiger partial charge in [0.05, 0.1) is 5.69 Å². The molecule has 0 saturated heterocycles. The van der Waals surface area contributed by atoms with Gasteiger partial charge < -0.3 is 5.73 Å². The Morgan fingerprint density at radius 3 is 2.76 bits per heavy atom. The van der Waals surface area contributed by atoms with Crippen LogP contribution in [0.4, 0.5) is 4.39 Å². The quantitative estimate of drug-likeness (QED) is 0.854. The second-order valence-corrected chi connectivity index (χ2v) is 4.17. The monoisotopic (exact) mass is 233 g/mol. The fraction of sp³-hybridized carbons (Fsp3) is 0.308. The van der Waals surface area contributed by atoms with Crippen LogP contribution in [0.1, 0.15) is 17.0 Å². The van der Waals surface area contributed by atoms with Gasteiger partial charge in [-0.25, -0.2) is 4.39 Å². The molecule has 3 N–H and O–H groups in total. The summed E-state index contributed by atoms with van der Waals surface area (Å²) in [5.41, 5.74) is 10.1. The molecule has 3 nitrogen and oxygen atoms in total. The molecule has 0 atom stereocenters. The molecule has 0 aliphatic heterocycles. The number of benzene rings is 1. The van der Waals surface area contributed by atoms with Crippen LogP contribution in [0.2, 0.25) is 0 Å². The van der Waals surface area contributed by atoms with Crippen molar-refractivity contribution in [1.29, 1.82) is 0 Å². The van der Waals surface area contributed by atoms with Gasteiger partial charge in [-0.15, -0.1) is 0 Å². The molecule has 4 heteroatoms. The van der Waals surface area contributed by atoms with Crippen LogP contribution in [0.25, 0.3) is 11.1 Å². The molecule has 0 radical (unpaired) electrons. The van der Waals surface area contributed by atoms with E-state index in [4.69, 9.17) is 5.73 Å². The maximum Gasteiger partial charge on any atom is 0.126 e. The molecule has 1 heterocycles. The molecular formula is C13H16FN3. The lowest BCUT2D eigenvalue weighted by atomic mass is 10.00. The molecule has 0 aliphatic carbocycles. The van der Waals surface area contributed by atoms with Crippen LogP contribution in [-0.2, 0) is 6.42 Å². The third-order valence-corrected chi connectivity index (χ3v) is 2.85. The van der Waals surface area contributed by atoms with Crippen LogP contribution in [-0.4, -0.2) is 16.7 Å². The summed E-state index contributed by atoms with van der Waals surface area (Å²) in [7, 11) is 0. The van der Waals surface area contributed by atoms with Gasteiger partial charge in [-0.05, 0) is 43.7 Å². The van der Waals surface area contributed by atoms with Gasteiger partial charge in [0.25, 0.3) is 0 Å². The Balaban J connectivity index is 2.51. The van der Waals surface area contributed by atoms with Crippen LogP contribution in [0.3, 0.4) is 0 Å². The zero-order chi connectivity index (χ0) is 12.4. The van der Waals surface area contributed by atoms with Crippen molar-refractivity contribution >= 4 is 0 Å². The first-order valence-corrected chi connectivity index (χ1v) is 5.64. The van der Waals surface area contributed by atoms with E-state index in [1.54, 1.807) is 13.0 Å². The average molecular weight is 233 g/mol. The Bertz CT molecular complexity index is 531. The Hall–Kier alpha value is -1.68. The molecular weight excluding hydrogens is 217 g/mol. The summed E-state index contributed by atoms with van der Waals surface area (Å²) >= 11 is 0. The van der Waals surface area contributed by atoms with E-state index in [0.717, 1.165) is 28.9 Å². The zero-order valence-electron chi connectivity index (χ0n) is 10.0. The highest BCUT2D eigenvalue weighted by atomic mass is 19.1. The fourth-order valence-electron chi connectivity index (χ4n) is 1.98. The molecule has 0 amide bonds. The largest absolute Gasteiger partial charge is 0.330 e. The predicted molar refractivity (Wildman–Crippen MR) is 66.2 cm³/mol.